The summed E-state index contributed by atoms with van der Waals surface area (Å²) < 4.78 is 0. The molecule has 0 aromatic rings. The number of unbranched alkanes of at least 4 members (excludes halogenated alkanes) is 1. The van der Waals surface area contributed by atoms with E-state index in [2.05, 4.69) is 23.3 Å². The molecule has 0 bridgehead atoms. The summed E-state index contributed by atoms with van der Waals surface area (Å²) in [6.45, 7) is 8.87. The summed E-state index contributed by atoms with van der Waals surface area (Å²) in [5.74, 6) is 0.932. The third-order valence-electron chi connectivity index (χ3n) is 4.28. The molecule has 0 unspecified atom stereocenters. The lowest BCUT2D eigenvalue weighted by Gasteiger charge is -2.28. The van der Waals surface area contributed by atoms with Crippen LogP contribution in [0.5, 0.6) is 0 Å². The zero-order valence-corrected chi connectivity index (χ0v) is 13.0. The molecule has 3 heteroatoms. The third-order valence-corrected chi connectivity index (χ3v) is 4.28. The topological polar surface area (TPSA) is 39.1 Å². The summed E-state index contributed by atoms with van der Waals surface area (Å²) in [7, 11) is 2.22. The number of hydrogen-bond acceptors (Lipinski definition) is 3. The van der Waals surface area contributed by atoms with Gasteiger partial charge in [-0.1, -0.05) is 6.42 Å². The molecule has 0 saturated carbocycles. The summed E-state index contributed by atoms with van der Waals surface area (Å²) in [6, 6.07) is 2.37. The Hall–Kier alpha value is -0.590. The number of piperidine rings is 1. The maximum Gasteiger partial charge on any atom is 0.0683 e. The van der Waals surface area contributed by atoms with Crippen LogP contribution in [0.3, 0.4) is 0 Å². The maximum absolute atomic E-state index is 8.93. The lowest BCUT2D eigenvalue weighted by Crippen LogP contribution is -2.31. The van der Waals surface area contributed by atoms with Gasteiger partial charge in [0.25, 0.3) is 0 Å². The van der Waals surface area contributed by atoms with Crippen molar-refractivity contribution in [2.75, 3.05) is 33.2 Å². The minimum atomic E-state index is -0.145. The van der Waals surface area contributed by atoms with Crippen molar-refractivity contribution in [1.29, 1.82) is 5.26 Å². The average molecular weight is 265 g/mol. The molecule has 0 amide bonds. The zero-order valence-electron chi connectivity index (χ0n) is 13.0. The Morgan fingerprint density at radius 1 is 1.21 bits per heavy atom. The van der Waals surface area contributed by atoms with Crippen molar-refractivity contribution in [3.8, 4) is 6.07 Å². The van der Waals surface area contributed by atoms with Crippen molar-refractivity contribution >= 4 is 0 Å². The van der Waals surface area contributed by atoms with E-state index in [9.17, 15) is 0 Å². The lowest BCUT2D eigenvalue weighted by molar-refractivity contribution is 0.211. The Bertz CT molecular complexity index is 272. The Labute approximate surface area is 119 Å². The van der Waals surface area contributed by atoms with E-state index < -0.39 is 0 Å². The Balaban J connectivity index is 1.90. The second-order valence-corrected chi connectivity index (χ2v) is 6.74. The molecule has 1 aliphatic rings. The normalized spacial score (nSPS) is 18.4. The fourth-order valence-electron chi connectivity index (χ4n) is 2.65. The van der Waals surface area contributed by atoms with Gasteiger partial charge in [0.15, 0.2) is 0 Å². The van der Waals surface area contributed by atoms with Crippen LogP contribution in [-0.4, -0.2) is 38.1 Å². The highest BCUT2D eigenvalue weighted by Crippen LogP contribution is 2.21. The fourth-order valence-corrected chi connectivity index (χ4v) is 2.65. The molecule has 1 heterocycles. The van der Waals surface area contributed by atoms with Crippen LogP contribution in [0.2, 0.25) is 0 Å². The van der Waals surface area contributed by atoms with E-state index in [1.807, 2.05) is 13.8 Å². The van der Waals surface area contributed by atoms with Gasteiger partial charge in [0.2, 0.25) is 0 Å². The van der Waals surface area contributed by atoms with Crippen molar-refractivity contribution in [3.63, 3.8) is 0 Å². The first-order valence-electron chi connectivity index (χ1n) is 7.84. The van der Waals surface area contributed by atoms with Crippen molar-refractivity contribution in [3.05, 3.63) is 0 Å². The highest BCUT2D eigenvalue weighted by molar-refractivity contribution is 4.91. The van der Waals surface area contributed by atoms with Crippen LogP contribution in [0.4, 0.5) is 0 Å². The van der Waals surface area contributed by atoms with E-state index >= 15 is 0 Å². The number of likely N-dealkylation sites (tertiary alicyclic amines) is 1. The van der Waals surface area contributed by atoms with Gasteiger partial charge in [0.05, 0.1) is 11.5 Å². The van der Waals surface area contributed by atoms with Gasteiger partial charge in [-0.15, -0.1) is 0 Å². The molecule has 0 aliphatic carbocycles. The monoisotopic (exact) mass is 265 g/mol. The highest BCUT2D eigenvalue weighted by Gasteiger charge is 2.16. The number of hydrogen-bond donors (Lipinski definition) is 1. The summed E-state index contributed by atoms with van der Waals surface area (Å²) in [4.78, 5) is 2.43. The number of nitriles is 1. The zero-order chi connectivity index (χ0) is 14.1. The van der Waals surface area contributed by atoms with Crippen LogP contribution >= 0.6 is 0 Å². The van der Waals surface area contributed by atoms with E-state index in [1.54, 1.807) is 0 Å². The summed E-state index contributed by atoms with van der Waals surface area (Å²) in [6.07, 6.45) is 7.43. The van der Waals surface area contributed by atoms with E-state index in [0.29, 0.717) is 0 Å². The largest absolute Gasteiger partial charge is 0.317 e. The molecule has 19 heavy (non-hydrogen) atoms. The van der Waals surface area contributed by atoms with Crippen LogP contribution in [0.25, 0.3) is 0 Å². The minimum absolute atomic E-state index is 0.145. The first-order valence-corrected chi connectivity index (χ1v) is 7.84. The SMILES string of the molecule is CN1CCC(CCNCCCCC(C)(C)C#N)CC1. The van der Waals surface area contributed by atoms with Crippen molar-refractivity contribution < 1.29 is 0 Å². The molecule has 1 rings (SSSR count). The number of nitrogens with one attached hydrogen (secondary N) is 1. The van der Waals surface area contributed by atoms with Gasteiger partial charge in [-0.05, 0) is 85.1 Å². The molecule has 0 radical (unpaired) electrons. The predicted octanol–water partition coefficient (Wildman–Crippen LogP) is 3.03. The van der Waals surface area contributed by atoms with Gasteiger partial charge >= 0.3 is 0 Å². The predicted molar refractivity (Wildman–Crippen MR) is 81.0 cm³/mol. The van der Waals surface area contributed by atoms with Crippen LogP contribution in [0.1, 0.15) is 52.4 Å². The molecule has 0 aromatic heterocycles. The van der Waals surface area contributed by atoms with E-state index in [0.717, 1.165) is 31.8 Å². The van der Waals surface area contributed by atoms with E-state index in [4.69, 9.17) is 5.26 Å². The number of rotatable bonds is 8. The molecule has 0 atom stereocenters. The van der Waals surface area contributed by atoms with Crippen LogP contribution < -0.4 is 5.32 Å². The van der Waals surface area contributed by atoms with Gasteiger partial charge in [0, 0.05) is 0 Å². The first-order chi connectivity index (χ1) is 9.03. The smallest absolute Gasteiger partial charge is 0.0683 e. The molecule has 1 saturated heterocycles. The van der Waals surface area contributed by atoms with Crippen molar-refractivity contribution in [2.45, 2.75) is 52.4 Å². The Morgan fingerprint density at radius 3 is 2.53 bits per heavy atom. The summed E-state index contributed by atoms with van der Waals surface area (Å²) in [5, 5.41) is 12.5. The van der Waals surface area contributed by atoms with Gasteiger partial charge in [-0.25, -0.2) is 0 Å². The minimum Gasteiger partial charge on any atom is -0.317 e. The molecule has 1 aliphatic heterocycles. The van der Waals surface area contributed by atoms with Crippen LogP contribution in [-0.2, 0) is 0 Å². The standard InChI is InChI=1S/C16H31N3/c1-16(2,14-17)9-4-5-10-18-11-6-15-7-12-19(3)13-8-15/h15,18H,4-13H2,1-3H3. The van der Waals surface area contributed by atoms with Crippen molar-refractivity contribution in [2.24, 2.45) is 11.3 Å². The van der Waals surface area contributed by atoms with Gasteiger partial charge < -0.3 is 10.2 Å². The van der Waals surface area contributed by atoms with Crippen LogP contribution in [0, 0.1) is 22.7 Å². The summed E-state index contributed by atoms with van der Waals surface area (Å²) >= 11 is 0. The second kappa shape index (κ2) is 8.55. The fraction of sp³-hybridized carbons (Fsp3) is 0.938. The molecule has 110 valence electrons. The lowest BCUT2D eigenvalue weighted by atomic mass is 9.89. The Kier molecular flexibility index (Phi) is 7.41. The van der Waals surface area contributed by atoms with Crippen molar-refractivity contribution in [1.82, 2.24) is 10.2 Å². The molecule has 0 aromatic carbocycles. The summed E-state index contributed by atoms with van der Waals surface area (Å²) in [5.41, 5.74) is -0.145. The first kappa shape index (κ1) is 16.5. The average Bonchev–Trinajstić information content (AvgIpc) is 2.40. The van der Waals surface area contributed by atoms with Gasteiger partial charge in [-0.3, -0.25) is 0 Å². The molecule has 1 fully saturated rings. The van der Waals surface area contributed by atoms with Gasteiger partial charge in [0.1, 0.15) is 0 Å². The van der Waals surface area contributed by atoms with Gasteiger partial charge in [-0.2, -0.15) is 5.26 Å². The van der Waals surface area contributed by atoms with Crippen LogP contribution in [0.15, 0.2) is 0 Å². The molecule has 0 spiro atoms. The molecule has 3 nitrogen and oxygen atoms in total. The maximum atomic E-state index is 8.93. The highest BCUT2D eigenvalue weighted by atomic mass is 15.1. The van der Waals surface area contributed by atoms with E-state index in [1.165, 1.54) is 38.8 Å². The molecular formula is C16H31N3. The third kappa shape index (κ3) is 7.54. The second-order valence-electron chi connectivity index (χ2n) is 6.74. The molecular weight excluding hydrogens is 234 g/mol. The van der Waals surface area contributed by atoms with E-state index in [-0.39, 0.29) is 5.41 Å². The Morgan fingerprint density at radius 2 is 1.89 bits per heavy atom. The quantitative estimate of drug-likeness (QED) is 0.686. The number of nitrogens with zero attached hydrogens (tertiary/aromatic N) is 2. The molecule has 1 N–H and O–H groups in total.